The maximum atomic E-state index is 12.2. The largest absolute Gasteiger partial charge is 0.454 e. The predicted octanol–water partition coefficient (Wildman–Crippen LogP) is 2.79. The number of Topliss-reactive ketones (excluding diaryl/α,β-unsaturated/α-hetero) is 1. The van der Waals surface area contributed by atoms with Crippen molar-refractivity contribution in [3.05, 3.63) is 29.3 Å². The van der Waals surface area contributed by atoms with E-state index in [1.807, 2.05) is 6.92 Å². The molecule has 1 N–H and O–H groups in total. The van der Waals surface area contributed by atoms with Gasteiger partial charge in [-0.2, -0.15) is 13.2 Å². The van der Waals surface area contributed by atoms with Crippen LogP contribution in [0.5, 0.6) is 0 Å². The van der Waals surface area contributed by atoms with E-state index in [1.54, 1.807) is 0 Å². The summed E-state index contributed by atoms with van der Waals surface area (Å²) in [5.74, 6) is -1.78. The monoisotopic (exact) mass is 229 g/mol. The molecule has 2 rings (SSSR count). The van der Waals surface area contributed by atoms with Crippen molar-refractivity contribution in [2.75, 3.05) is 5.32 Å². The van der Waals surface area contributed by atoms with Crippen LogP contribution in [0.1, 0.15) is 22.8 Å². The van der Waals surface area contributed by atoms with Crippen LogP contribution in [0.25, 0.3) is 0 Å². The van der Waals surface area contributed by atoms with Crippen molar-refractivity contribution in [2.45, 2.75) is 25.6 Å². The summed E-state index contributed by atoms with van der Waals surface area (Å²) in [5.41, 5.74) is 1.29. The number of rotatable bonds is 1. The first-order valence-electron chi connectivity index (χ1n) is 4.89. The molecule has 1 aromatic rings. The molecular weight excluding hydrogens is 219 g/mol. The van der Waals surface area contributed by atoms with Crippen molar-refractivity contribution in [3.63, 3.8) is 0 Å². The fourth-order valence-electron chi connectivity index (χ4n) is 1.85. The number of hydrogen-bond acceptors (Lipinski definition) is 2. The topological polar surface area (TPSA) is 29.1 Å². The summed E-state index contributed by atoms with van der Waals surface area (Å²) in [4.78, 5) is 11.0. The van der Waals surface area contributed by atoms with Crippen molar-refractivity contribution < 1.29 is 18.0 Å². The second-order valence-corrected chi connectivity index (χ2v) is 3.95. The number of benzene rings is 1. The number of nitrogens with one attached hydrogen (secondary N) is 1. The molecule has 86 valence electrons. The summed E-state index contributed by atoms with van der Waals surface area (Å²) in [6.07, 6.45) is -4.15. The molecule has 5 heteroatoms. The summed E-state index contributed by atoms with van der Waals surface area (Å²) in [7, 11) is 0. The van der Waals surface area contributed by atoms with Crippen molar-refractivity contribution in [1.82, 2.24) is 0 Å². The Labute approximate surface area is 90.5 Å². The van der Waals surface area contributed by atoms with E-state index in [4.69, 9.17) is 0 Å². The number of alkyl halides is 3. The summed E-state index contributed by atoms with van der Waals surface area (Å²) in [5, 5.41) is 3.11. The number of fused-ring (bicyclic) bond motifs is 1. The van der Waals surface area contributed by atoms with Crippen LogP contribution in [-0.4, -0.2) is 18.0 Å². The lowest BCUT2D eigenvalue weighted by Crippen LogP contribution is -2.22. The quantitative estimate of drug-likeness (QED) is 0.750. The third-order valence-corrected chi connectivity index (χ3v) is 2.55. The van der Waals surface area contributed by atoms with Crippen LogP contribution in [0.15, 0.2) is 18.2 Å². The normalized spacial score (nSPS) is 19.1. The highest BCUT2D eigenvalue weighted by atomic mass is 19.4. The van der Waals surface area contributed by atoms with Crippen LogP contribution < -0.4 is 5.32 Å². The Morgan fingerprint density at radius 2 is 2.12 bits per heavy atom. The number of hydrogen-bond donors (Lipinski definition) is 1. The molecule has 0 saturated heterocycles. The van der Waals surface area contributed by atoms with E-state index < -0.39 is 12.0 Å². The molecule has 0 fully saturated rings. The molecule has 1 atom stereocenters. The Morgan fingerprint density at radius 1 is 1.44 bits per heavy atom. The molecule has 1 aliphatic rings. The Hall–Kier alpha value is -1.52. The summed E-state index contributed by atoms with van der Waals surface area (Å²) in [6.45, 7) is 1.94. The van der Waals surface area contributed by atoms with E-state index in [0.717, 1.165) is 11.3 Å². The van der Waals surface area contributed by atoms with E-state index in [0.29, 0.717) is 6.42 Å². The minimum atomic E-state index is -4.80. The Bertz CT molecular complexity index is 439. The molecule has 0 aliphatic carbocycles. The van der Waals surface area contributed by atoms with E-state index >= 15 is 0 Å². The van der Waals surface area contributed by atoms with E-state index in [1.165, 1.54) is 18.2 Å². The highest BCUT2D eigenvalue weighted by Gasteiger charge is 2.39. The molecule has 2 nitrogen and oxygen atoms in total. The van der Waals surface area contributed by atoms with Crippen LogP contribution in [0.3, 0.4) is 0 Å². The van der Waals surface area contributed by atoms with Gasteiger partial charge in [-0.15, -0.1) is 0 Å². The van der Waals surface area contributed by atoms with Gasteiger partial charge in [0.25, 0.3) is 5.78 Å². The van der Waals surface area contributed by atoms with Gasteiger partial charge in [-0.25, -0.2) is 0 Å². The fraction of sp³-hybridized carbons (Fsp3) is 0.364. The number of carbonyl (C=O) groups excluding carboxylic acids is 1. The molecule has 0 radical (unpaired) electrons. The Morgan fingerprint density at radius 3 is 2.75 bits per heavy atom. The number of carbonyl (C=O) groups is 1. The first kappa shape index (κ1) is 11.0. The lowest BCUT2D eigenvalue weighted by atomic mass is 10.0. The van der Waals surface area contributed by atoms with Crippen molar-refractivity contribution in [3.8, 4) is 0 Å². The lowest BCUT2D eigenvalue weighted by molar-refractivity contribution is -0.0885. The van der Waals surface area contributed by atoms with Gasteiger partial charge < -0.3 is 5.32 Å². The van der Waals surface area contributed by atoms with Crippen LogP contribution in [-0.2, 0) is 6.42 Å². The number of anilines is 1. The average Bonchev–Trinajstić information content (AvgIpc) is 2.54. The van der Waals surface area contributed by atoms with Crippen molar-refractivity contribution in [2.24, 2.45) is 0 Å². The molecule has 0 amide bonds. The number of ketones is 1. The van der Waals surface area contributed by atoms with Crippen LogP contribution in [0.2, 0.25) is 0 Å². The fourth-order valence-corrected chi connectivity index (χ4v) is 1.85. The Kier molecular flexibility index (Phi) is 2.40. The van der Waals surface area contributed by atoms with Gasteiger partial charge in [-0.1, -0.05) is 0 Å². The zero-order chi connectivity index (χ0) is 11.9. The van der Waals surface area contributed by atoms with Crippen LogP contribution in [0.4, 0.5) is 18.9 Å². The minimum absolute atomic E-state index is 0.200. The first-order valence-corrected chi connectivity index (χ1v) is 4.89. The number of halogens is 3. The van der Waals surface area contributed by atoms with Crippen LogP contribution in [0, 0.1) is 0 Å². The second kappa shape index (κ2) is 3.50. The van der Waals surface area contributed by atoms with Gasteiger partial charge in [0.1, 0.15) is 0 Å². The van der Waals surface area contributed by atoms with Crippen molar-refractivity contribution >= 4 is 11.5 Å². The molecule has 1 aromatic carbocycles. The molecule has 0 spiro atoms. The van der Waals surface area contributed by atoms with Gasteiger partial charge in [-0.3, -0.25) is 4.79 Å². The third-order valence-electron chi connectivity index (χ3n) is 2.55. The van der Waals surface area contributed by atoms with Gasteiger partial charge in [0.2, 0.25) is 0 Å². The average molecular weight is 229 g/mol. The highest BCUT2D eigenvalue weighted by Crippen LogP contribution is 2.29. The maximum Gasteiger partial charge on any atom is 0.454 e. The molecular formula is C11H10F3NO. The molecule has 16 heavy (non-hydrogen) atoms. The second-order valence-electron chi connectivity index (χ2n) is 3.95. The molecule has 0 aromatic heterocycles. The van der Waals surface area contributed by atoms with Crippen LogP contribution >= 0.6 is 0 Å². The summed E-state index contributed by atoms with van der Waals surface area (Å²) < 4.78 is 36.6. The van der Waals surface area contributed by atoms with E-state index in [-0.39, 0.29) is 11.6 Å². The standard InChI is InChI=1S/C11H10F3NO/c1-6-4-8-5-7(2-3-9(8)15-6)10(16)11(12,13)14/h2-3,5-6,15H,4H2,1H3/t6-/m0/s1. The predicted molar refractivity (Wildman–Crippen MR) is 53.6 cm³/mol. The minimum Gasteiger partial charge on any atom is -0.382 e. The third kappa shape index (κ3) is 1.89. The summed E-state index contributed by atoms with van der Waals surface area (Å²) in [6, 6.07) is 4.25. The van der Waals surface area contributed by atoms with Gasteiger partial charge in [0, 0.05) is 17.3 Å². The smallest absolute Gasteiger partial charge is 0.382 e. The molecule has 1 heterocycles. The van der Waals surface area contributed by atoms with E-state index in [9.17, 15) is 18.0 Å². The zero-order valence-corrected chi connectivity index (χ0v) is 8.56. The lowest BCUT2D eigenvalue weighted by Gasteiger charge is -2.06. The summed E-state index contributed by atoms with van der Waals surface area (Å²) >= 11 is 0. The maximum absolute atomic E-state index is 12.2. The van der Waals surface area contributed by atoms with Crippen molar-refractivity contribution in [1.29, 1.82) is 0 Å². The molecule has 0 unspecified atom stereocenters. The van der Waals surface area contributed by atoms with Gasteiger partial charge in [0.15, 0.2) is 0 Å². The van der Waals surface area contributed by atoms with Gasteiger partial charge in [-0.05, 0) is 37.1 Å². The molecule has 1 aliphatic heterocycles. The zero-order valence-electron chi connectivity index (χ0n) is 8.56. The highest BCUT2D eigenvalue weighted by molar-refractivity contribution is 6.00. The molecule has 0 saturated carbocycles. The first-order chi connectivity index (χ1) is 7.38. The Balaban J connectivity index is 2.33. The SMILES string of the molecule is C[C@H]1Cc2cc(C(=O)C(F)(F)F)ccc2N1. The van der Waals surface area contributed by atoms with Gasteiger partial charge >= 0.3 is 6.18 Å². The van der Waals surface area contributed by atoms with E-state index in [2.05, 4.69) is 5.32 Å². The molecule has 0 bridgehead atoms. The van der Waals surface area contributed by atoms with Gasteiger partial charge in [0.05, 0.1) is 0 Å².